The van der Waals surface area contributed by atoms with Gasteiger partial charge in [0.15, 0.2) is 0 Å². The molecular weight excluding hydrogens is 210 g/mol. The van der Waals surface area contributed by atoms with E-state index in [0.717, 1.165) is 16.6 Å². The van der Waals surface area contributed by atoms with Gasteiger partial charge in [0, 0.05) is 18.8 Å². The summed E-state index contributed by atoms with van der Waals surface area (Å²) in [5.41, 5.74) is 2.93. The normalized spacial score (nSPS) is 19.9. The first-order chi connectivity index (χ1) is 7.53. The molecule has 0 aliphatic heterocycles. The molecule has 1 aliphatic carbocycles. The lowest BCUT2D eigenvalue weighted by atomic mass is 9.81. The molecule has 0 spiro atoms. The van der Waals surface area contributed by atoms with Gasteiger partial charge in [-0.3, -0.25) is 0 Å². The van der Waals surface area contributed by atoms with Crippen molar-refractivity contribution in [2.75, 3.05) is 0 Å². The highest BCUT2D eigenvalue weighted by molar-refractivity contribution is 5.75. The maximum absolute atomic E-state index is 12.8. The van der Waals surface area contributed by atoms with Crippen LogP contribution in [0.1, 0.15) is 30.1 Å². The first-order valence-electron chi connectivity index (χ1n) is 5.38. The van der Waals surface area contributed by atoms with Gasteiger partial charge in [-0.25, -0.2) is 13.8 Å². The minimum atomic E-state index is -2.49. The molecule has 1 fully saturated rings. The maximum atomic E-state index is 12.8. The maximum Gasteiger partial charge on any atom is 0.249 e. The fraction of sp³-hybridized carbons (Fsp3) is 0.417. The lowest BCUT2D eigenvalue weighted by Crippen LogP contribution is -2.34. The second kappa shape index (κ2) is 3.03. The fourth-order valence-electron chi connectivity index (χ4n) is 2.19. The summed E-state index contributed by atoms with van der Waals surface area (Å²) < 4.78 is 25.5. The summed E-state index contributed by atoms with van der Waals surface area (Å²) in [5, 5.41) is 0. The number of alkyl halides is 2. The summed E-state index contributed by atoms with van der Waals surface area (Å²) in [7, 11) is 0. The first-order valence-corrected chi connectivity index (χ1v) is 5.38. The lowest BCUT2D eigenvalue weighted by molar-refractivity contribution is -0.0883. The molecular formula is C12H12F2N2. The van der Waals surface area contributed by atoms with Gasteiger partial charge in [0.25, 0.3) is 0 Å². The molecule has 0 unspecified atom stereocenters. The number of hydrogen-bond donors (Lipinski definition) is 1. The van der Waals surface area contributed by atoms with E-state index in [9.17, 15) is 8.78 Å². The molecule has 2 nitrogen and oxygen atoms in total. The summed E-state index contributed by atoms with van der Waals surface area (Å²) in [6.45, 7) is 2.00. The van der Waals surface area contributed by atoms with E-state index < -0.39 is 5.92 Å². The Morgan fingerprint density at radius 2 is 2.12 bits per heavy atom. The number of imidazole rings is 1. The molecule has 84 valence electrons. The molecule has 1 aliphatic rings. The predicted octanol–water partition coefficient (Wildman–Crippen LogP) is 3.38. The largest absolute Gasteiger partial charge is 0.342 e. The van der Waals surface area contributed by atoms with Crippen LogP contribution in [-0.4, -0.2) is 15.9 Å². The quantitative estimate of drug-likeness (QED) is 0.787. The number of halogens is 2. The number of aromatic nitrogens is 2. The van der Waals surface area contributed by atoms with Gasteiger partial charge in [-0.05, 0) is 24.6 Å². The summed E-state index contributed by atoms with van der Waals surface area (Å²) in [6, 6.07) is 5.88. The van der Waals surface area contributed by atoms with Crippen molar-refractivity contribution >= 4 is 11.0 Å². The van der Waals surface area contributed by atoms with Crippen LogP contribution in [0.3, 0.4) is 0 Å². The van der Waals surface area contributed by atoms with E-state index in [0.29, 0.717) is 5.82 Å². The van der Waals surface area contributed by atoms with Crippen molar-refractivity contribution in [3.05, 3.63) is 29.6 Å². The number of H-pyrrole nitrogens is 1. The Balaban J connectivity index is 1.95. The van der Waals surface area contributed by atoms with Crippen molar-refractivity contribution in [2.45, 2.75) is 31.6 Å². The molecule has 0 atom stereocenters. The Bertz CT molecular complexity index is 537. The Kier molecular flexibility index (Phi) is 1.85. The zero-order valence-corrected chi connectivity index (χ0v) is 8.93. The third kappa shape index (κ3) is 1.49. The molecule has 0 bridgehead atoms. The number of nitrogens with one attached hydrogen (secondary N) is 1. The van der Waals surface area contributed by atoms with E-state index in [1.54, 1.807) is 0 Å². The highest BCUT2D eigenvalue weighted by Gasteiger charge is 2.47. The molecule has 2 aromatic rings. The van der Waals surface area contributed by atoms with Crippen molar-refractivity contribution in [3.63, 3.8) is 0 Å². The van der Waals surface area contributed by atoms with Gasteiger partial charge in [-0.2, -0.15) is 0 Å². The number of nitrogens with zero attached hydrogens (tertiary/aromatic N) is 1. The monoisotopic (exact) mass is 222 g/mol. The molecule has 0 radical (unpaired) electrons. The van der Waals surface area contributed by atoms with E-state index in [4.69, 9.17) is 0 Å². The van der Waals surface area contributed by atoms with E-state index in [-0.39, 0.29) is 18.8 Å². The standard InChI is InChI=1S/C12H12F2N2/c1-7-2-3-9-10(4-7)16-11(15-9)8-5-12(13,14)6-8/h2-4,8H,5-6H2,1H3,(H,15,16). The van der Waals surface area contributed by atoms with E-state index in [1.807, 2.05) is 25.1 Å². The summed E-state index contributed by atoms with van der Waals surface area (Å²) in [6.07, 6.45) is -0.155. The van der Waals surface area contributed by atoms with Crippen molar-refractivity contribution in [3.8, 4) is 0 Å². The first kappa shape index (κ1) is 9.75. The van der Waals surface area contributed by atoms with E-state index in [2.05, 4.69) is 9.97 Å². The lowest BCUT2D eigenvalue weighted by Gasteiger charge is -2.33. The van der Waals surface area contributed by atoms with Gasteiger partial charge in [0.05, 0.1) is 11.0 Å². The van der Waals surface area contributed by atoms with Crippen LogP contribution in [0.15, 0.2) is 18.2 Å². The van der Waals surface area contributed by atoms with Crippen LogP contribution >= 0.6 is 0 Å². The van der Waals surface area contributed by atoms with Gasteiger partial charge in [0.1, 0.15) is 5.82 Å². The Hall–Kier alpha value is -1.45. The average molecular weight is 222 g/mol. The van der Waals surface area contributed by atoms with Crippen LogP contribution in [0.5, 0.6) is 0 Å². The number of aryl methyl sites for hydroxylation is 1. The summed E-state index contributed by atoms with van der Waals surface area (Å²) >= 11 is 0. The molecule has 4 heteroatoms. The zero-order chi connectivity index (χ0) is 11.3. The molecule has 1 saturated carbocycles. The summed E-state index contributed by atoms with van der Waals surface area (Å²) in [4.78, 5) is 7.48. The zero-order valence-electron chi connectivity index (χ0n) is 8.93. The van der Waals surface area contributed by atoms with Crippen LogP contribution in [-0.2, 0) is 0 Å². The number of aromatic amines is 1. The summed E-state index contributed by atoms with van der Waals surface area (Å²) in [5.74, 6) is -1.89. The van der Waals surface area contributed by atoms with Crippen molar-refractivity contribution in [1.82, 2.24) is 9.97 Å². The van der Waals surface area contributed by atoms with Gasteiger partial charge < -0.3 is 4.98 Å². The number of fused-ring (bicyclic) bond motifs is 1. The SMILES string of the molecule is Cc1ccc2nc(C3CC(F)(F)C3)[nH]c2c1. The smallest absolute Gasteiger partial charge is 0.249 e. The van der Waals surface area contributed by atoms with Crippen molar-refractivity contribution in [1.29, 1.82) is 0 Å². The van der Waals surface area contributed by atoms with Crippen LogP contribution < -0.4 is 0 Å². The predicted molar refractivity (Wildman–Crippen MR) is 57.8 cm³/mol. The molecule has 16 heavy (non-hydrogen) atoms. The molecule has 3 rings (SSSR count). The molecule has 0 saturated heterocycles. The second-order valence-electron chi connectivity index (χ2n) is 4.60. The Labute approximate surface area is 91.7 Å². The Morgan fingerprint density at radius 1 is 1.38 bits per heavy atom. The average Bonchev–Trinajstić information content (AvgIpc) is 2.56. The number of hydrogen-bond acceptors (Lipinski definition) is 1. The fourth-order valence-corrected chi connectivity index (χ4v) is 2.19. The van der Waals surface area contributed by atoms with Crippen LogP contribution in [0.4, 0.5) is 8.78 Å². The van der Waals surface area contributed by atoms with Crippen LogP contribution in [0, 0.1) is 6.92 Å². The van der Waals surface area contributed by atoms with Crippen LogP contribution in [0.25, 0.3) is 11.0 Å². The van der Waals surface area contributed by atoms with Gasteiger partial charge in [-0.15, -0.1) is 0 Å². The van der Waals surface area contributed by atoms with Crippen LogP contribution in [0.2, 0.25) is 0 Å². The minimum Gasteiger partial charge on any atom is -0.342 e. The molecule has 1 aromatic heterocycles. The minimum absolute atomic E-state index is 0.0776. The molecule has 0 amide bonds. The van der Waals surface area contributed by atoms with Gasteiger partial charge in [0.2, 0.25) is 5.92 Å². The second-order valence-corrected chi connectivity index (χ2v) is 4.60. The highest BCUT2D eigenvalue weighted by atomic mass is 19.3. The molecule has 1 N–H and O–H groups in total. The van der Waals surface area contributed by atoms with Crippen molar-refractivity contribution in [2.24, 2.45) is 0 Å². The van der Waals surface area contributed by atoms with Gasteiger partial charge >= 0.3 is 0 Å². The third-order valence-corrected chi connectivity index (χ3v) is 3.13. The van der Waals surface area contributed by atoms with E-state index in [1.165, 1.54) is 0 Å². The molecule has 1 heterocycles. The van der Waals surface area contributed by atoms with E-state index >= 15 is 0 Å². The third-order valence-electron chi connectivity index (χ3n) is 3.13. The topological polar surface area (TPSA) is 28.7 Å². The van der Waals surface area contributed by atoms with Gasteiger partial charge in [-0.1, -0.05) is 6.07 Å². The number of rotatable bonds is 1. The highest BCUT2D eigenvalue weighted by Crippen LogP contribution is 2.47. The van der Waals surface area contributed by atoms with Crippen molar-refractivity contribution < 1.29 is 8.78 Å². The number of benzene rings is 1. The molecule has 1 aromatic carbocycles. The Morgan fingerprint density at radius 3 is 2.81 bits per heavy atom.